The van der Waals surface area contributed by atoms with Crippen molar-refractivity contribution < 1.29 is 17.9 Å². The lowest BCUT2D eigenvalue weighted by Crippen LogP contribution is -2.40. The summed E-state index contributed by atoms with van der Waals surface area (Å²) in [6, 6.07) is 6.28. The van der Waals surface area contributed by atoms with Crippen LogP contribution in [0.2, 0.25) is 5.02 Å². The van der Waals surface area contributed by atoms with Crippen LogP contribution in [0.4, 0.5) is 4.79 Å². The first-order chi connectivity index (χ1) is 10.5. The van der Waals surface area contributed by atoms with Crippen molar-refractivity contribution in [2.24, 2.45) is 0 Å². The molecule has 0 fully saturated rings. The molecule has 0 aliphatic rings. The molecule has 6 nitrogen and oxygen atoms in total. The van der Waals surface area contributed by atoms with E-state index in [1.165, 1.54) is 6.92 Å². The van der Waals surface area contributed by atoms with E-state index in [0.717, 1.165) is 0 Å². The molecule has 0 aromatic heterocycles. The Morgan fingerprint density at radius 1 is 1.30 bits per heavy atom. The van der Waals surface area contributed by atoms with Gasteiger partial charge in [0.05, 0.1) is 11.8 Å². The Hall–Kier alpha value is -1.31. The highest BCUT2D eigenvalue weighted by Gasteiger charge is 2.23. The predicted octanol–water partition coefficient (Wildman–Crippen LogP) is 2.85. The van der Waals surface area contributed by atoms with Crippen LogP contribution in [0.3, 0.4) is 0 Å². The molecular weight excluding hydrogens is 340 g/mol. The second-order valence-corrected chi connectivity index (χ2v) is 8.47. The number of sulfonamides is 1. The van der Waals surface area contributed by atoms with E-state index in [1.807, 2.05) is 0 Å². The average Bonchev–Trinajstić information content (AvgIpc) is 2.42. The number of hydrogen-bond donors (Lipinski definition) is 2. The molecule has 0 saturated carbocycles. The van der Waals surface area contributed by atoms with E-state index in [9.17, 15) is 13.2 Å². The van der Waals surface area contributed by atoms with Gasteiger partial charge in [0, 0.05) is 11.6 Å². The number of alkyl carbamates (subject to hydrolysis) is 1. The Morgan fingerprint density at radius 3 is 2.43 bits per heavy atom. The molecule has 0 aliphatic carbocycles. The zero-order valence-corrected chi connectivity index (χ0v) is 15.3. The van der Waals surface area contributed by atoms with E-state index in [-0.39, 0.29) is 12.3 Å². The SMILES string of the molecule is CCS(=O)(=O)NCC(NC(=O)OC(C)(C)C)c1ccccc1Cl. The molecule has 1 unspecified atom stereocenters. The van der Waals surface area contributed by atoms with Gasteiger partial charge < -0.3 is 10.1 Å². The smallest absolute Gasteiger partial charge is 0.408 e. The number of nitrogens with one attached hydrogen (secondary N) is 2. The zero-order chi connectivity index (χ0) is 17.7. The second-order valence-electron chi connectivity index (χ2n) is 5.97. The van der Waals surface area contributed by atoms with E-state index in [4.69, 9.17) is 16.3 Å². The molecule has 0 saturated heterocycles. The Morgan fingerprint density at radius 2 is 1.91 bits per heavy atom. The first-order valence-electron chi connectivity index (χ1n) is 7.25. The third-order valence-electron chi connectivity index (χ3n) is 2.86. The third kappa shape index (κ3) is 7.20. The maximum absolute atomic E-state index is 12.0. The van der Waals surface area contributed by atoms with Crippen LogP contribution >= 0.6 is 11.6 Å². The molecule has 1 aromatic carbocycles. The van der Waals surface area contributed by atoms with E-state index in [2.05, 4.69) is 10.0 Å². The monoisotopic (exact) mass is 362 g/mol. The lowest BCUT2D eigenvalue weighted by molar-refractivity contribution is 0.0504. The van der Waals surface area contributed by atoms with E-state index in [0.29, 0.717) is 10.6 Å². The summed E-state index contributed by atoms with van der Waals surface area (Å²) < 4.78 is 31.0. The minimum Gasteiger partial charge on any atom is -0.444 e. The summed E-state index contributed by atoms with van der Waals surface area (Å²) in [5.74, 6) is -0.0469. The van der Waals surface area contributed by atoms with Gasteiger partial charge in [-0.3, -0.25) is 0 Å². The largest absolute Gasteiger partial charge is 0.444 e. The fraction of sp³-hybridized carbons (Fsp3) is 0.533. The van der Waals surface area contributed by atoms with Crippen molar-refractivity contribution in [3.8, 4) is 0 Å². The highest BCUT2D eigenvalue weighted by atomic mass is 35.5. The number of carbonyl (C=O) groups excluding carboxylic acids is 1. The van der Waals surface area contributed by atoms with Gasteiger partial charge in [-0.25, -0.2) is 17.9 Å². The van der Waals surface area contributed by atoms with Crippen molar-refractivity contribution in [1.82, 2.24) is 10.0 Å². The molecule has 1 amide bonds. The molecular formula is C15H23ClN2O4S. The summed E-state index contributed by atoms with van der Waals surface area (Å²) in [5, 5.41) is 3.09. The Balaban J connectivity index is 2.93. The summed E-state index contributed by atoms with van der Waals surface area (Å²) >= 11 is 6.15. The summed E-state index contributed by atoms with van der Waals surface area (Å²) in [6.07, 6.45) is -0.641. The van der Waals surface area contributed by atoms with Crippen LogP contribution in [-0.2, 0) is 14.8 Å². The van der Waals surface area contributed by atoms with Crippen LogP contribution in [0.5, 0.6) is 0 Å². The molecule has 1 aromatic rings. The average molecular weight is 363 g/mol. The predicted molar refractivity (Wildman–Crippen MR) is 91.0 cm³/mol. The second kappa shape index (κ2) is 7.99. The molecule has 0 heterocycles. The van der Waals surface area contributed by atoms with Gasteiger partial charge >= 0.3 is 6.09 Å². The molecule has 2 N–H and O–H groups in total. The third-order valence-corrected chi connectivity index (χ3v) is 4.57. The minimum absolute atomic E-state index is 0.0147. The van der Waals surface area contributed by atoms with Crippen molar-refractivity contribution in [2.75, 3.05) is 12.3 Å². The van der Waals surface area contributed by atoms with Crippen molar-refractivity contribution >= 4 is 27.7 Å². The van der Waals surface area contributed by atoms with Gasteiger partial charge in [-0.05, 0) is 39.3 Å². The summed E-state index contributed by atoms with van der Waals surface area (Å²) in [4.78, 5) is 12.0. The van der Waals surface area contributed by atoms with Crippen LogP contribution < -0.4 is 10.0 Å². The number of benzene rings is 1. The van der Waals surface area contributed by atoms with Crippen LogP contribution in [-0.4, -0.2) is 32.4 Å². The van der Waals surface area contributed by atoms with Crippen molar-refractivity contribution in [3.05, 3.63) is 34.9 Å². The molecule has 1 atom stereocenters. The van der Waals surface area contributed by atoms with Crippen LogP contribution in [0.15, 0.2) is 24.3 Å². The van der Waals surface area contributed by atoms with Crippen molar-refractivity contribution in [3.63, 3.8) is 0 Å². The number of halogens is 1. The number of hydrogen-bond acceptors (Lipinski definition) is 4. The first kappa shape index (κ1) is 19.7. The first-order valence-corrected chi connectivity index (χ1v) is 9.28. The number of amides is 1. The van der Waals surface area contributed by atoms with Gasteiger partial charge in [-0.1, -0.05) is 29.8 Å². The number of carbonyl (C=O) groups is 1. The number of ether oxygens (including phenoxy) is 1. The highest BCUT2D eigenvalue weighted by molar-refractivity contribution is 7.89. The molecule has 0 spiro atoms. The summed E-state index contributed by atoms with van der Waals surface area (Å²) in [6.45, 7) is 6.76. The van der Waals surface area contributed by atoms with E-state index in [1.54, 1.807) is 45.0 Å². The molecule has 0 aliphatic heterocycles. The van der Waals surface area contributed by atoms with Gasteiger partial charge in [0.1, 0.15) is 5.60 Å². The summed E-state index contributed by atoms with van der Waals surface area (Å²) in [5.41, 5.74) is -0.0447. The zero-order valence-electron chi connectivity index (χ0n) is 13.7. The van der Waals surface area contributed by atoms with Crippen LogP contribution in [0.25, 0.3) is 0 Å². The molecule has 23 heavy (non-hydrogen) atoms. The van der Waals surface area contributed by atoms with E-state index >= 15 is 0 Å². The Bertz CT molecular complexity index is 641. The quantitative estimate of drug-likeness (QED) is 0.814. The van der Waals surface area contributed by atoms with Gasteiger partial charge in [-0.2, -0.15) is 0 Å². The van der Waals surface area contributed by atoms with Gasteiger partial charge in [0.25, 0.3) is 0 Å². The fourth-order valence-corrected chi connectivity index (χ4v) is 2.65. The Kier molecular flexibility index (Phi) is 6.85. The normalized spacial score (nSPS) is 13.4. The van der Waals surface area contributed by atoms with Gasteiger partial charge in [0.15, 0.2) is 0 Å². The van der Waals surface area contributed by atoms with Crippen molar-refractivity contribution in [1.29, 1.82) is 0 Å². The molecule has 1 rings (SSSR count). The topological polar surface area (TPSA) is 84.5 Å². The molecule has 0 radical (unpaired) electrons. The van der Waals surface area contributed by atoms with Crippen LogP contribution in [0.1, 0.15) is 39.3 Å². The number of rotatable bonds is 6. The van der Waals surface area contributed by atoms with Gasteiger partial charge in [-0.15, -0.1) is 0 Å². The standard InChI is InChI=1S/C15H23ClN2O4S/c1-5-23(20,21)17-10-13(11-8-6-7-9-12(11)16)18-14(19)22-15(2,3)4/h6-9,13,17H,5,10H2,1-4H3,(H,18,19). The lowest BCUT2D eigenvalue weighted by Gasteiger charge is -2.24. The highest BCUT2D eigenvalue weighted by Crippen LogP contribution is 2.23. The molecule has 0 bridgehead atoms. The maximum atomic E-state index is 12.0. The molecule has 8 heteroatoms. The maximum Gasteiger partial charge on any atom is 0.408 e. The van der Waals surface area contributed by atoms with Gasteiger partial charge in [0.2, 0.25) is 10.0 Å². The summed E-state index contributed by atoms with van der Waals surface area (Å²) in [7, 11) is -3.39. The van der Waals surface area contributed by atoms with Crippen LogP contribution in [0, 0.1) is 0 Å². The Labute approximate surface area is 142 Å². The molecule has 130 valence electrons. The minimum atomic E-state index is -3.39. The lowest BCUT2D eigenvalue weighted by atomic mass is 10.1. The fourth-order valence-electron chi connectivity index (χ4n) is 1.76. The van der Waals surface area contributed by atoms with E-state index < -0.39 is 27.8 Å². The van der Waals surface area contributed by atoms with Crippen molar-refractivity contribution in [2.45, 2.75) is 39.3 Å².